The zero-order chi connectivity index (χ0) is 19.1. The highest BCUT2D eigenvalue weighted by Gasteiger charge is 2.10. The molecule has 7 nitrogen and oxygen atoms in total. The van der Waals surface area contributed by atoms with Crippen molar-refractivity contribution >= 4 is 5.91 Å². The molecule has 1 amide bonds. The number of hydrogen-bond donors (Lipinski definition) is 1. The predicted molar refractivity (Wildman–Crippen MR) is 94.9 cm³/mol. The molecule has 0 atom stereocenters. The lowest BCUT2D eigenvalue weighted by Crippen LogP contribution is -2.30. The van der Waals surface area contributed by atoms with Crippen molar-refractivity contribution < 1.29 is 23.2 Å². The number of ether oxygens (including phenoxy) is 2. The lowest BCUT2D eigenvalue weighted by molar-refractivity contribution is -0.123. The Morgan fingerprint density at radius 2 is 1.81 bits per heavy atom. The van der Waals surface area contributed by atoms with Gasteiger partial charge in [0.15, 0.2) is 6.61 Å². The number of hydrogen-bond acceptors (Lipinski definition) is 6. The van der Waals surface area contributed by atoms with Crippen LogP contribution in [-0.2, 0) is 11.2 Å². The summed E-state index contributed by atoms with van der Waals surface area (Å²) in [5.74, 6) is 1.40. The number of amides is 1. The van der Waals surface area contributed by atoms with Crippen LogP contribution in [0.1, 0.15) is 5.89 Å². The van der Waals surface area contributed by atoms with Crippen LogP contribution in [0.4, 0.5) is 4.39 Å². The monoisotopic (exact) mass is 371 g/mol. The zero-order valence-electron chi connectivity index (χ0n) is 14.6. The van der Waals surface area contributed by atoms with Crippen molar-refractivity contribution in [1.82, 2.24) is 15.5 Å². The van der Waals surface area contributed by atoms with Crippen LogP contribution < -0.4 is 14.8 Å². The summed E-state index contributed by atoms with van der Waals surface area (Å²) in [5.41, 5.74) is 0.808. The van der Waals surface area contributed by atoms with Crippen molar-refractivity contribution in [2.24, 2.45) is 0 Å². The summed E-state index contributed by atoms with van der Waals surface area (Å²) in [6.45, 7) is 0.169. The molecule has 0 unspecified atom stereocenters. The molecule has 0 fully saturated rings. The van der Waals surface area contributed by atoms with E-state index in [0.717, 1.165) is 11.3 Å². The molecule has 0 aliphatic carbocycles. The van der Waals surface area contributed by atoms with Gasteiger partial charge in [-0.1, -0.05) is 5.16 Å². The summed E-state index contributed by atoms with van der Waals surface area (Å²) >= 11 is 0. The van der Waals surface area contributed by atoms with Crippen LogP contribution in [0.2, 0.25) is 0 Å². The van der Waals surface area contributed by atoms with E-state index in [1.807, 2.05) is 24.3 Å². The first-order valence-electron chi connectivity index (χ1n) is 8.26. The number of rotatable bonds is 8. The topological polar surface area (TPSA) is 86.5 Å². The number of methoxy groups -OCH3 is 1. The molecule has 0 aliphatic heterocycles. The molecule has 0 radical (unpaired) electrons. The minimum atomic E-state index is -0.361. The second-order valence-corrected chi connectivity index (χ2v) is 5.58. The number of nitrogens with zero attached hydrogens (tertiary/aromatic N) is 2. The highest BCUT2D eigenvalue weighted by molar-refractivity contribution is 5.77. The standard InChI is InChI=1S/C19H18FN3O4/c1-25-15-6-2-13(3-7-15)19-22-18(27-23-19)10-11-21-17(24)12-26-16-8-4-14(20)5-9-16/h2-9H,10-12H2,1H3,(H,21,24). The largest absolute Gasteiger partial charge is 0.497 e. The van der Waals surface area contributed by atoms with Crippen molar-refractivity contribution in [2.75, 3.05) is 20.3 Å². The average Bonchev–Trinajstić information content (AvgIpc) is 3.16. The molecular formula is C19H18FN3O4. The zero-order valence-corrected chi connectivity index (χ0v) is 14.6. The second kappa shape index (κ2) is 8.79. The molecule has 0 spiro atoms. The molecule has 0 bridgehead atoms. The summed E-state index contributed by atoms with van der Waals surface area (Å²) in [6.07, 6.45) is 0.394. The van der Waals surface area contributed by atoms with Crippen molar-refractivity contribution in [1.29, 1.82) is 0 Å². The fourth-order valence-electron chi connectivity index (χ4n) is 2.25. The summed E-state index contributed by atoms with van der Waals surface area (Å²) in [7, 11) is 1.60. The molecule has 0 aliphatic rings. The summed E-state index contributed by atoms with van der Waals surface area (Å²) in [4.78, 5) is 16.1. The first kappa shape index (κ1) is 18.4. The number of carbonyl (C=O) groups excluding carboxylic acids is 1. The van der Waals surface area contributed by atoms with E-state index in [-0.39, 0.29) is 18.3 Å². The Labute approximate surface area is 155 Å². The number of carbonyl (C=O) groups is 1. The van der Waals surface area contributed by atoms with E-state index < -0.39 is 0 Å². The van der Waals surface area contributed by atoms with Crippen molar-refractivity contribution in [3.8, 4) is 22.9 Å². The Morgan fingerprint density at radius 1 is 1.11 bits per heavy atom. The number of nitrogens with one attached hydrogen (secondary N) is 1. The minimum absolute atomic E-state index is 0.160. The summed E-state index contributed by atoms with van der Waals surface area (Å²) in [5, 5.41) is 6.62. The normalized spacial score (nSPS) is 10.4. The van der Waals surface area contributed by atoms with Crippen LogP contribution in [0.5, 0.6) is 11.5 Å². The Morgan fingerprint density at radius 3 is 2.52 bits per heavy atom. The molecule has 27 heavy (non-hydrogen) atoms. The molecule has 8 heteroatoms. The van der Waals surface area contributed by atoms with E-state index in [2.05, 4.69) is 15.5 Å². The fraction of sp³-hybridized carbons (Fsp3) is 0.211. The van der Waals surface area contributed by atoms with E-state index in [0.29, 0.717) is 30.4 Å². The van der Waals surface area contributed by atoms with Crippen LogP contribution >= 0.6 is 0 Å². The van der Waals surface area contributed by atoms with Crippen LogP contribution in [0.3, 0.4) is 0 Å². The van der Waals surface area contributed by atoms with Crippen LogP contribution in [0.25, 0.3) is 11.4 Å². The molecule has 1 heterocycles. The Kier molecular flexibility index (Phi) is 5.98. The molecule has 0 saturated carbocycles. The van der Waals surface area contributed by atoms with Gasteiger partial charge in [-0.2, -0.15) is 4.98 Å². The minimum Gasteiger partial charge on any atom is -0.497 e. The Hall–Kier alpha value is -3.42. The maximum Gasteiger partial charge on any atom is 0.257 e. The second-order valence-electron chi connectivity index (χ2n) is 5.58. The Bertz CT molecular complexity index is 879. The van der Waals surface area contributed by atoms with Gasteiger partial charge < -0.3 is 19.3 Å². The SMILES string of the molecule is COc1ccc(-c2noc(CCNC(=O)COc3ccc(F)cc3)n2)cc1. The highest BCUT2D eigenvalue weighted by Crippen LogP contribution is 2.19. The molecule has 3 rings (SSSR count). The molecule has 1 aromatic heterocycles. The average molecular weight is 371 g/mol. The number of aromatic nitrogens is 2. The van der Waals surface area contributed by atoms with Gasteiger partial charge in [0, 0.05) is 18.5 Å². The van der Waals surface area contributed by atoms with Crippen molar-refractivity contribution in [3.63, 3.8) is 0 Å². The maximum atomic E-state index is 12.8. The summed E-state index contributed by atoms with van der Waals surface area (Å²) in [6, 6.07) is 12.7. The van der Waals surface area contributed by atoms with Gasteiger partial charge in [-0.15, -0.1) is 0 Å². The third-order valence-electron chi connectivity index (χ3n) is 3.66. The van der Waals surface area contributed by atoms with Gasteiger partial charge in [-0.25, -0.2) is 4.39 Å². The van der Waals surface area contributed by atoms with Crippen LogP contribution in [-0.4, -0.2) is 36.3 Å². The summed E-state index contributed by atoms with van der Waals surface area (Å²) < 4.78 is 28.4. The predicted octanol–water partition coefficient (Wildman–Crippen LogP) is 2.62. The van der Waals surface area contributed by atoms with E-state index in [1.54, 1.807) is 7.11 Å². The van der Waals surface area contributed by atoms with E-state index in [4.69, 9.17) is 14.0 Å². The first-order valence-corrected chi connectivity index (χ1v) is 8.26. The lowest BCUT2D eigenvalue weighted by Gasteiger charge is -2.06. The van der Waals surface area contributed by atoms with Crippen LogP contribution in [0, 0.1) is 5.82 Å². The van der Waals surface area contributed by atoms with Gasteiger partial charge in [0.25, 0.3) is 5.91 Å². The van der Waals surface area contributed by atoms with Crippen molar-refractivity contribution in [3.05, 3.63) is 60.2 Å². The third kappa shape index (κ3) is 5.27. The molecular weight excluding hydrogens is 353 g/mol. The van der Waals surface area contributed by atoms with Crippen molar-refractivity contribution in [2.45, 2.75) is 6.42 Å². The molecule has 1 N–H and O–H groups in total. The van der Waals surface area contributed by atoms with Gasteiger partial charge in [0.2, 0.25) is 11.7 Å². The number of benzene rings is 2. The quantitative estimate of drug-likeness (QED) is 0.655. The van der Waals surface area contributed by atoms with Crippen LogP contribution in [0.15, 0.2) is 53.1 Å². The van der Waals surface area contributed by atoms with E-state index in [1.165, 1.54) is 24.3 Å². The molecule has 140 valence electrons. The van der Waals surface area contributed by atoms with Gasteiger partial charge in [-0.3, -0.25) is 4.79 Å². The van der Waals surface area contributed by atoms with E-state index in [9.17, 15) is 9.18 Å². The smallest absolute Gasteiger partial charge is 0.257 e. The molecule has 0 saturated heterocycles. The Balaban J connectivity index is 1.43. The van der Waals surface area contributed by atoms with Gasteiger partial charge >= 0.3 is 0 Å². The van der Waals surface area contributed by atoms with E-state index >= 15 is 0 Å². The molecule has 2 aromatic carbocycles. The lowest BCUT2D eigenvalue weighted by atomic mass is 10.2. The third-order valence-corrected chi connectivity index (χ3v) is 3.66. The van der Waals surface area contributed by atoms with Gasteiger partial charge in [-0.05, 0) is 48.5 Å². The maximum absolute atomic E-state index is 12.8. The highest BCUT2D eigenvalue weighted by atomic mass is 19.1. The van der Waals surface area contributed by atoms with Gasteiger partial charge in [0.1, 0.15) is 17.3 Å². The number of halogens is 1. The van der Waals surface area contributed by atoms with Gasteiger partial charge in [0.05, 0.1) is 7.11 Å². The molecule has 3 aromatic rings. The fourth-order valence-corrected chi connectivity index (χ4v) is 2.25. The first-order chi connectivity index (χ1) is 13.1.